The SMILES string of the molecule is COc1ccc(/C=C(\Br)C(=O)c2cc(OC)c(OC)c(OC)c2)cc1. The van der Waals surface area contributed by atoms with E-state index < -0.39 is 0 Å². The summed E-state index contributed by atoms with van der Waals surface area (Å²) in [6.07, 6.45) is 1.74. The second-order valence-corrected chi connectivity index (χ2v) is 5.86. The summed E-state index contributed by atoms with van der Waals surface area (Å²) in [7, 11) is 6.14. The predicted octanol–water partition coefficient (Wildman–Crippen LogP) is 4.34. The molecule has 0 heterocycles. The van der Waals surface area contributed by atoms with Crippen molar-refractivity contribution in [3.63, 3.8) is 0 Å². The predicted molar refractivity (Wildman–Crippen MR) is 100 cm³/mol. The maximum Gasteiger partial charge on any atom is 0.203 e. The summed E-state index contributed by atoms with van der Waals surface area (Å²) in [6, 6.07) is 10.6. The van der Waals surface area contributed by atoms with Gasteiger partial charge in [-0.05, 0) is 51.8 Å². The molecular weight excluding hydrogens is 388 g/mol. The van der Waals surface area contributed by atoms with Crippen molar-refractivity contribution >= 4 is 27.8 Å². The Labute approximate surface area is 155 Å². The summed E-state index contributed by atoms with van der Waals surface area (Å²) >= 11 is 3.35. The van der Waals surface area contributed by atoms with E-state index in [1.54, 1.807) is 25.3 Å². The molecule has 2 rings (SSSR count). The zero-order valence-electron chi connectivity index (χ0n) is 14.5. The molecule has 0 spiro atoms. The molecule has 2 aromatic carbocycles. The van der Waals surface area contributed by atoms with E-state index in [1.165, 1.54) is 21.3 Å². The number of hydrogen-bond acceptors (Lipinski definition) is 5. The first kappa shape index (κ1) is 18.9. The Morgan fingerprint density at radius 2 is 1.44 bits per heavy atom. The van der Waals surface area contributed by atoms with E-state index in [9.17, 15) is 4.79 Å². The van der Waals surface area contributed by atoms with Gasteiger partial charge in [0.05, 0.1) is 32.9 Å². The van der Waals surface area contributed by atoms with Gasteiger partial charge >= 0.3 is 0 Å². The number of benzene rings is 2. The number of halogens is 1. The molecule has 5 nitrogen and oxygen atoms in total. The zero-order valence-corrected chi connectivity index (χ0v) is 16.0. The summed E-state index contributed by atoms with van der Waals surface area (Å²) < 4.78 is 21.4. The van der Waals surface area contributed by atoms with Crippen molar-refractivity contribution in [3.8, 4) is 23.0 Å². The van der Waals surface area contributed by atoms with Crippen LogP contribution in [0.1, 0.15) is 15.9 Å². The normalized spacial score (nSPS) is 11.0. The maximum absolute atomic E-state index is 12.7. The maximum atomic E-state index is 12.7. The van der Waals surface area contributed by atoms with E-state index in [4.69, 9.17) is 18.9 Å². The van der Waals surface area contributed by atoms with E-state index >= 15 is 0 Å². The van der Waals surface area contributed by atoms with Gasteiger partial charge in [0.25, 0.3) is 0 Å². The standard InChI is InChI=1S/C19H19BrO5/c1-22-14-7-5-12(6-8-14)9-15(20)18(21)13-10-16(23-2)19(25-4)17(11-13)24-3/h5-11H,1-4H3/b15-9-. The number of carbonyl (C=O) groups is 1. The van der Waals surface area contributed by atoms with E-state index in [0.717, 1.165) is 11.3 Å². The molecule has 0 saturated carbocycles. The van der Waals surface area contributed by atoms with E-state index in [-0.39, 0.29) is 5.78 Å². The highest BCUT2D eigenvalue weighted by molar-refractivity contribution is 9.12. The van der Waals surface area contributed by atoms with Crippen LogP contribution in [0.3, 0.4) is 0 Å². The van der Waals surface area contributed by atoms with Gasteiger partial charge in [-0.25, -0.2) is 0 Å². The molecule has 0 amide bonds. The molecule has 0 aliphatic heterocycles. The quantitative estimate of drug-likeness (QED) is 0.505. The smallest absolute Gasteiger partial charge is 0.203 e. The third-order valence-corrected chi connectivity index (χ3v) is 4.14. The average molecular weight is 407 g/mol. The van der Waals surface area contributed by atoms with Crippen LogP contribution in [0.15, 0.2) is 40.9 Å². The first-order valence-electron chi connectivity index (χ1n) is 7.40. The van der Waals surface area contributed by atoms with Crippen LogP contribution in [-0.4, -0.2) is 34.2 Å². The fourth-order valence-electron chi connectivity index (χ4n) is 2.26. The largest absolute Gasteiger partial charge is 0.497 e. The first-order valence-corrected chi connectivity index (χ1v) is 8.19. The second kappa shape index (κ2) is 8.58. The Morgan fingerprint density at radius 3 is 1.88 bits per heavy atom. The van der Waals surface area contributed by atoms with Crippen molar-refractivity contribution in [2.24, 2.45) is 0 Å². The molecule has 0 atom stereocenters. The average Bonchev–Trinajstić information content (AvgIpc) is 2.66. The molecular formula is C19H19BrO5. The number of ketones is 1. The minimum atomic E-state index is -0.199. The van der Waals surface area contributed by atoms with Gasteiger partial charge in [-0.3, -0.25) is 4.79 Å². The van der Waals surface area contributed by atoms with Crippen LogP contribution in [0.5, 0.6) is 23.0 Å². The Balaban J connectivity index is 2.36. The molecule has 6 heteroatoms. The Kier molecular flexibility index (Phi) is 6.47. The molecule has 0 saturated heterocycles. The Hall–Kier alpha value is -2.47. The fourth-order valence-corrected chi connectivity index (χ4v) is 2.76. The number of methoxy groups -OCH3 is 4. The molecule has 0 radical (unpaired) electrons. The molecule has 0 aromatic heterocycles. The summed E-state index contributed by atoms with van der Waals surface area (Å²) in [4.78, 5) is 12.7. The summed E-state index contributed by atoms with van der Waals surface area (Å²) in [5.41, 5.74) is 1.29. The molecule has 2 aromatic rings. The Bertz CT molecular complexity index is 756. The van der Waals surface area contributed by atoms with Gasteiger partial charge < -0.3 is 18.9 Å². The van der Waals surface area contributed by atoms with Crippen LogP contribution >= 0.6 is 15.9 Å². The van der Waals surface area contributed by atoms with Crippen molar-refractivity contribution in [1.82, 2.24) is 0 Å². The summed E-state index contributed by atoms with van der Waals surface area (Å²) in [5, 5.41) is 0. The van der Waals surface area contributed by atoms with Crippen molar-refractivity contribution in [3.05, 3.63) is 52.0 Å². The lowest BCUT2D eigenvalue weighted by atomic mass is 10.1. The second-order valence-electron chi connectivity index (χ2n) is 5.01. The minimum absolute atomic E-state index is 0.199. The van der Waals surface area contributed by atoms with Crippen LogP contribution in [0, 0.1) is 0 Å². The van der Waals surface area contributed by atoms with Crippen molar-refractivity contribution in [2.75, 3.05) is 28.4 Å². The van der Waals surface area contributed by atoms with Gasteiger partial charge in [0.2, 0.25) is 5.75 Å². The number of allylic oxidation sites excluding steroid dienone is 1. The lowest BCUT2D eigenvalue weighted by Gasteiger charge is -2.13. The Morgan fingerprint density at radius 1 is 0.880 bits per heavy atom. The van der Waals surface area contributed by atoms with Crippen molar-refractivity contribution < 1.29 is 23.7 Å². The van der Waals surface area contributed by atoms with Gasteiger partial charge in [0.15, 0.2) is 17.3 Å². The summed E-state index contributed by atoms with van der Waals surface area (Å²) in [6.45, 7) is 0. The van der Waals surface area contributed by atoms with Gasteiger partial charge in [0, 0.05) is 5.56 Å². The molecule has 25 heavy (non-hydrogen) atoms. The lowest BCUT2D eigenvalue weighted by molar-refractivity contribution is 0.104. The first-order chi connectivity index (χ1) is 12.0. The highest BCUT2D eigenvalue weighted by Crippen LogP contribution is 2.39. The monoisotopic (exact) mass is 406 g/mol. The minimum Gasteiger partial charge on any atom is -0.497 e. The molecule has 0 fully saturated rings. The van der Waals surface area contributed by atoms with Crippen LogP contribution in [0.4, 0.5) is 0 Å². The highest BCUT2D eigenvalue weighted by atomic mass is 79.9. The third-order valence-electron chi connectivity index (χ3n) is 3.55. The summed E-state index contributed by atoms with van der Waals surface area (Å²) in [5.74, 6) is 1.85. The number of carbonyl (C=O) groups excluding carboxylic acids is 1. The molecule has 0 aliphatic carbocycles. The van der Waals surface area contributed by atoms with Crippen LogP contribution in [0.25, 0.3) is 6.08 Å². The number of Topliss-reactive ketones (excluding diaryl/α,β-unsaturated/α-hetero) is 1. The molecule has 0 aliphatic rings. The van der Waals surface area contributed by atoms with Gasteiger partial charge in [-0.15, -0.1) is 0 Å². The van der Waals surface area contributed by atoms with Gasteiger partial charge in [0.1, 0.15) is 5.75 Å². The molecule has 0 unspecified atom stereocenters. The molecule has 0 N–H and O–H groups in total. The van der Waals surface area contributed by atoms with Crippen molar-refractivity contribution in [1.29, 1.82) is 0 Å². The van der Waals surface area contributed by atoms with E-state index in [2.05, 4.69) is 15.9 Å². The van der Waals surface area contributed by atoms with Crippen LogP contribution in [0.2, 0.25) is 0 Å². The molecule has 0 bridgehead atoms. The third kappa shape index (κ3) is 4.33. The number of rotatable bonds is 7. The lowest BCUT2D eigenvalue weighted by Crippen LogP contribution is -2.02. The van der Waals surface area contributed by atoms with Gasteiger partial charge in [-0.2, -0.15) is 0 Å². The van der Waals surface area contributed by atoms with E-state index in [0.29, 0.717) is 27.3 Å². The zero-order chi connectivity index (χ0) is 18.4. The fraction of sp³-hybridized carbons (Fsp3) is 0.211. The van der Waals surface area contributed by atoms with Crippen LogP contribution < -0.4 is 18.9 Å². The number of ether oxygens (including phenoxy) is 4. The van der Waals surface area contributed by atoms with Crippen LogP contribution in [-0.2, 0) is 0 Å². The van der Waals surface area contributed by atoms with Crippen molar-refractivity contribution in [2.45, 2.75) is 0 Å². The molecule has 132 valence electrons. The van der Waals surface area contributed by atoms with E-state index in [1.807, 2.05) is 24.3 Å². The topological polar surface area (TPSA) is 54.0 Å². The van der Waals surface area contributed by atoms with Gasteiger partial charge in [-0.1, -0.05) is 12.1 Å². The highest BCUT2D eigenvalue weighted by Gasteiger charge is 2.18. The number of hydrogen-bond donors (Lipinski definition) is 0.